The Morgan fingerprint density at radius 1 is 0.581 bits per heavy atom. The van der Waals surface area contributed by atoms with Gasteiger partial charge in [0.25, 0.3) is 0 Å². The van der Waals surface area contributed by atoms with Gasteiger partial charge in [0.1, 0.15) is 6.10 Å². The van der Waals surface area contributed by atoms with Crippen molar-refractivity contribution in [3.05, 3.63) is 72.9 Å². The molecule has 0 fully saturated rings. The van der Waals surface area contributed by atoms with Crippen LogP contribution in [-0.4, -0.2) is 90.5 Å². The Bertz CT molecular complexity index is 952. The zero-order chi connectivity index (χ0) is 32.4. The number of hydrogen-bond acceptors (Lipinski definition) is 9. The van der Waals surface area contributed by atoms with E-state index in [9.17, 15) is 40.5 Å². The molecule has 0 amide bonds. The lowest BCUT2D eigenvalue weighted by Gasteiger charge is -2.25. The predicted molar refractivity (Wildman–Crippen MR) is 168 cm³/mol. The molecule has 1 aliphatic rings. The molecule has 0 saturated carbocycles. The van der Waals surface area contributed by atoms with E-state index in [4.69, 9.17) is 4.74 Å². The summed E-state index contributed by atoms with van der Waals surface area (Å²) in [6.07, 6.45) is 12.8. The molecule has 1 aliphatic heterocycles. The molecular weight excluding hydrogens is 552 g/mol. The Balaban J connectivity index is 2.98. The molecule has 10 atom stereocenters. The zero-order valence-electron chi connectivity index (χ0n) is 26.0. The van der Waals surface area contributed by atoms with E-state index in [1.165, 1.54) is 12.2 Å². The van der Waals surface area contributed by atoms with Gasteiger partial charge in [-0.3, -0.25) is 0 Å². The number of cyclic esters (lactones) is 1. The number of carbonyl (C=O) groups is 1. The third kappa shape index (κ3) is 18.1. The van der Waals surface area contributed by atoms with Crippen molar-refractivity contribution in [2.45, 2.75) is 115 Å². The van der Waals surface area contributed by atoms with Crippen molar-refractivity contribution in [2.75, 3.05) is 0 Å². The molecule has 9 heteroatoms. The number of allylic oxidation sites excluding steroid dienone is 8. The molecule has 9 nitrogen and oxygen atoms in total. The summed E-state index contributed by atoms with van der Waals surface area (Å²) in [6.45, 7) is 7.56. The topological polar surface area (TPSA) is 168 Å². The van der Waals surface area contributed by atoms with E-state index < -0.39 is 54.8 Å². The van der Waals surface area contributed by atoms with E-state index in [1.54, 1.807) is 48.6 Å². The van der Waals surface area contributed by atoms with Crippen LogP contribution in [0.3, 0.4) is 0 Å². The average molecular weight is 607 g/mol. The van der Waals surface area contributed by atoms with Crippen LogP contribution >= 0.6 is 0 Å². The number of carbonyl (C=O) groups excluding carboxylic acids is 1. The van der Waals surface area contributed by atoms with Gasteiger partial charge in [0.2, 0.25) is 0 Å². The maximum absolute atomic E-state index is 12.4. The first-order valence-electron chi connectivity index (χ1n) is 15.3. The summed E-state index contributed by atoms with van der Waals surface area (Å²) in [6, 6.07) is 0. The second kappa shape index (κ2) is 21.4. The molecule has 0 aromatic carbocycles. The minimum absolute atomic E-state index is 0.0164. The number of aliphatic hydroxyl groups is 7. The Morgan fingerprint density at radius 3 is 1.53 bits per heavy atom. The second-order valence-electron chi connectivity index (χ2n) is 12.0. The van der Waals surface area contributed by atoms with E-state index in [2.05, 4.69) is 0 Å². The first-order valence-corrected chi connectivity index (χ1v) is 15.3. The largest absolute Gasteiger partial charge is 0.458 e. The van der Waals surface area contributed by atoms with Crippen LogP contribution in [0.4, 0.5) is 0 Å². The van der Waals surface area contributed by atoms with Gasteiger partial charge in [-0.05, 0) is 38.0 Å². The highest BCUT2D eigenvalue weighted by atomic mass is 16.5. The van der Waals surface area contributed by atoms with Crippen molar-refractivity contribution in [1.29, 1.82) is 0 Å². The molecule has 0 saturated heterocycles. The third-order valence-electron chi connectivity index (χ3n) is 7.30. The summed E-state index contributed by atoms with van der Waals surface area (Å²) in [5.41, 5.74) is 0. The lowest BCUT2D eigenvalue weighted by atomic mass is 9.93. The fourth-order valence-electron chi connectivity index (χ4n) is 4.91. The van der Waals surface area contributed by atoms with Crippen LogP contribution in [-0.2, 0) is 9.53 Å². The Labute approximate surface area is 256 Å². The molecule has 1 rings (SSSR count). The highest BCUT2D eigenvalue weighted by Crippen LogP contribution is 2.21. The molecule has 0 spiro atoms. The molecule has 10 unspecified atom stereocenters. The molecule has 0 aromatic heterocycles. The van der Waals surface area contributed by atoms with E-state index in [0.717, 1.165) is 0 Å². The molecule has 0 aliphatic carbocycles. The molecule has 0 bridgehead atoms. The van der Waals surface area contributed by atoms with Crippen molar-refractivity contribution in [3.63, 3.8) is 0 Å². The van der Waals surface area contributed by atoms with Gasteiger partial charge in [0, 0.05) is 24.3 Å². The standard InChI is InChI=1S/C34H54O9/c1-23(2)34-25(4)15-16-26(35)17-27(36)18-28(37)19-29(38)20-30(39)21-31(40)22-32(41)24(3)13-11-9-7-5-6-8-10-12-14-33(42)43-34/h5-16,23-32,34-41H,17-22H2,1-4H3/b6-5-,9-7+,10-8+,13-11-,14-12+,16-15+. The number of rotatable bonds is 1. The summed E-state index contributed by atoms with van der Waals surface area (Å²) < 4.78 is 5.65. The van der Waals surface area contributed by atoms with Gasteiger partial charge in [-0.1, -0.05) is 94.5 Å². The molecule has 244 valence electrons. The van der Waals surface area contributed by atoms with Crippen LogP contribution in [0, 0.1) is 17.8 Å². The summed E-state index contributed by atoms with van der Waals surface area (Å²) in [4.78, 5) is 12.4. The number of ether oxygens (including phenoxy) is 1. The minimum Gasteiger partial charge on any atom is -0.458 e. The molecule has 0 aromatic rings. The van der Waals surface area contributed by atoms with Gasteiger partial charge >= 0.3 is 5.97 Å². The quantitative estimate of drug-likeness (QED) is 0.175. The first-order chi connectivity index (χ1) is 20.3. The van der Waals surface area contributed by atoms with Crippen LogP contribution in [0.2, 0.25) is 0 Å². The van der Waals surface area contributed by atoms with E-state index in [0.29, 0.717) is 0 Å². The highest BCUT2D eigenvalue weighted by molar-refractivity contribution is 5.82. The predicted octanol–water partition coefficient (Wildman–Crippen LogP) is 3.04. The molecule has 1 heterocycles. The van der Waals surface area contributed by atoms with Crippen LogP contribution in [0.1, 0.15) is 66.2 Å². The Morgan fingerprint density at radius 2 is 1.02 bits per heavy atom. The van der Waals surface area contributed by atoms with E-state index >= 15 is 0 Å². The number of esters is 1. The lowest BCUT2D eigenvalue weighted by molar-refractivity contribution is -0.147. The van der Waals surface area contributed by atoms with Crippen molar-refractivity contribution in [1.82, 2.24) is 0 Å². The molecular formula is C34H54O9. The highest BCUT2D eigenvalue weighted by Gasteiger charge is 2.25. The molecule has 7 N–H and O–H groups in total. The normalized spacial score (nSPS) is 40.0. The van der Waals surface area contributed by atoms with Crippen molar-refractivity contribution in [3.8, 4) is 0 Å². The van der Waals surface area contributed by atoms with Crippen molar-refractivity contribution in [2.24, 2.45) is 17.8 Å². The van der Waals surface area contributed by atoms with Gasteiger partial charge in [0.15, 0.2) is 0 Å². The maximum Gasteiger partial charge on any atom is 0.331 e. The van der Waals surface area contributed by atoms with E-state index in [1.807, 2.05) is 39.8 Å². The number of hydrogen-bond donors (Lipinski definition) is 7. The molecule has 0 radical (unpaired) electrons. The van der Waals surface area contributed by atoms with Gasteiger partial charge in [-0.25, -0.2) is 4.79 Å². The Kier molecular flexibility index (Phi) is 19.2. The third-order valence-corrected chi connectivity index (χ3v) is 7.30. The van der Waals surface area contributed by atoms with Gasteiger partial charge < -0.3 is 40.5 Å². The van der Waals surface area contributed by atoms with Crippen LogP contribution in [0.5, 0.6) is 0 Å². The molecule has 43 heavy (non-hydrogen) atoms. The van der Waals surface area contributed by atoms with Gasteiger partial charge in [-0.15, -0.1) is 0 Å². The summed E-state index contributed by atoms with van der Waals surface area (Å²) in [5.74, 6) is -0.922. The van der Waals surface area contributed by atoms with Gasteiger partial charge in [-0.2, -0.15) is 0 Å². The summed E-state index contributed by atoms with van der Waals surface area (Å²) in [7, 11) is 0. The summed E-state index contributed by atoms with van der Waals surface area (Å²) >= 11 is 0. The second-order valence-corrected chi connectivity index (χ2v) is 12.0. The van der Waals surface area contributed by atoms with Gasteiger partial charge in [0.05, 0.1) is 42.7 Å². The fourth-order valence-corrected chi connectivity index (χ4v) is 4.91. The fraction of sp³-hybridized carbons (Fsp3) is 0.618. The van der Waals surface area contributed by atoms with Crippen LogP contribution in [0.15, 0.2) is 72.9 Å². The average Bonchev–Trinajstić information content (AvgIpc) is 2.89. The van der Waals surface area contributed by atoms with Crippen molar-refractivity contribution < 1.29 is 45.3 Å². The SMILES string of the molecule is CC(C)C1OC(=O)/C=C/C=C/C=C\C=C\C=C/C(C)C(O)CC(O)CC(O)CC(O)CC(O)CC(O)CC(O)/C=C/C1C. The smallest absolute Gasteiger partial charge is 0.331 e. The maximum atomic E-state index is 12.4. The Hall–Kier alpha value is -2.37. The first kappa shape index (κ1) is 38.7. The zero-order valence-corrected chi connectivity index (χ0v) is 26.0. The van der Waals surface area contributed by atoms with Crippen LogP contribution in [0.25, 0.3) is 0 Å². The summed E-state index contributed by atoms with van der Waals surface area (Å²) in [5, 5.41) is 72.4. The van der Waals surface area contributed by atoms with E-state index in [-0.39, 0.29) is 56.3 Å². The minimum atomic E-state index is -1.07. The van der Waals surface area contributed by atoms with Crippen LogP contribution < -0.4 is 0 Å². The van der Waals surface area contributed by atoms with Crippen molar-refractivity contribution >= 4 is 5.97 Å². The number of aliphatic hydroxyl groups excluding tert-OH is 7. The lowest BCUT2D eigenvalue weighted by Crippen LogP contribution is -2.30. The monoisotopic (exact) mass is 606 g/mol.